The van der Waals surface area contributed by atoms with Crippen molar-refractivity contribution < 1.29 is 14.7 Å². The van der Waals surface area contributed by atoms with Gasteiger partial charge in [-0.05, 0) is 74.7 Å². The van der Waals surface area contributed by atoms with Gasteiger partial charge in [-0.3, -0.25) is 19.5 Å². The number of fused-ring (bicyclic) bond motifs is 1. The lowest BCUT2D eigenvalue weighted by atomic mass is 9.99. The Labute approximate surface area is 193 Å². The number of ketones is 1. The van der Waals surface area contributed by atoms with Crippen molar-refractivity contribution in [1.29, 1.82) is 5.26 Å². The fourth-order valence-electron chi connectivity index (χ4n) is 4.70. The van der Waals surface area contributed by atoms with E-state index in [1.807, 2.05) is 36.6 Å². The second-order valence-electron chi connectivity index (χ2n) is 8.85. The first kappa shape index (κ1) is 22.7. The van der Waals surface area contributed by atoms with Crippen LogP contribution >= 0.6 is 0 Å². The summed E-state index contributed by atoms with van der Waals surface area (Å²) in [4.78, 5) is 31.5. The Morgan fingerprint density at radius 3 is 2.52 bits per heavy atom. The summed E-state index contributed by atoms with van der Waals surface area (Å²) in [5.74, 6) is -1.03. The number of aliphatic carboxylic acids is 1. The highest BCUT2D eigenvalue weighted by molar-refractivity contribution is 6.09. The Hall–Kier alpha value is -3.50. The molecule has 1 saturated heterocycles. The Kier molecular flexibility index (Phi) is 6.57. The zero-order valence-electron chi connectivity index (χ0n) is 19.0. The van der Waals surface area contributed by atoms with E-state index in [1.165, 1.54) is 6.42 Å². The second kappa shape index (κ2) is 9.55. The topological polar surface area (TPSA) is 99.2 Å². The molecule has 7 nitrogen and oxygen atoms in total. The van der Waals surface area contributed by atoms with Crippen molar-refractivity contribution >= 4 is 22.8 Å². The number of carbonyl (C=O) groups is 2. The zero-order chi connectivity index (χ0) is 23.5. The van der Waals surface area contributed by atoms with Crippen molar-refractivity contribution in [2.75, 3.05) is 19.6 Å². The van der Waals surface area contributed by atoms with Crippen molar-refractivity contribution in [3.05, 3.63) is 58.9 Å². The number of pyridine rings is 1. The Morgan fingerprint density at radius 2 is 1.88 bits per heavy atom. The van der Waals surface area contributed by atoms with E-state index in [4.69, 9.17) is 5.26 Å². The molecule has 0 spiro atoms. The summed E-state index contributed by atoms with van der Waals surface area (Å²) in [5, 5.41) is 18.4. The lowest BCUT2D eigenvalue weighted by Crippen LogP contribution is -2.34. The molecule has 0 saturated carbocycles. The third kappa shape index (κ3) is 4.67. The maximum absolute atomic E-state index is 13.4. The maximum Gasteiger partial charge on any atom is 0.303 e. The number of aromatic nitrogens is 2. The van der Waals surface area contributed by atoms with Crippen LogP contribution in [0.5, 0.6) is 0 Å². The minimum atomic E-state index is -0.862. The van der Waals surface area contributed by atoms with E-state index < -0.39 is 5.97 Å². The number of hydrogen-bond donors (Lipinski definition) is 1. The maximum atomic E-state index is 13.4. The molecule has 0 unspecified atom stereocenters. The van der Waals surface area contributed by atoms with E-state index in [0.717, 1.165) is 48.4 Å². The summed E-state index contributed by atoms with van der Waals surface area (Å²) in [6, 6.07) is 11.3. The van der Waals surface area contributed by atoms with E-state index in [-0.39, 0.29) is 18.1 Å². The Balaban J connectivity index is 1.83. The number of nitrogens with zero attached hydrogens (tertiary/aromatic N) is 4. The van der Waals surface area contributed by atoms with Crippen LogP contribution in [0.25, 0.3) is 16.7 Å². The summed E-state index contributed by atoms with van der Waals surface area (Å²) in [6.45, 7) is 6.02. The first-order chi connectivity index (χ1) is 15.9. The molecule has 0 bridgehead atoms. The predicted molar refractivity (Wildman–Crippen MR) is 126 cm³/mol. The van der Waals surface area contributed by atoms with Crippen LogP contribution in [-0.4, -0.2) is 50.9 Å². The van der Waals surface area contributed by atoms with Gasteiger partial charge in [0, 0.05) is 17.6 Å². The van der Waals surface area contributed by atoms with Gasteiger partial charge in [0.2, 0.25) is 0 Å². The minimum Gasteiger partial charge on any atom is -0.481 e. The highest BCUT2D eigenvalue weighted by Gasteiger charge is 2.25. The molecular weight excluding hydrogens is 416 g/mol. The van der Waals surface area contributed by atoms with Crippen LogP contribution < -0.4 is 0 Å². The van der Waals surface area contributed by atoms with E-state index in [1.54, 1.807) is 18.3 Å². The summed E-state index contributed by atoms with van der Waals surface area (Å²) >= 11 is 0. The quantitative estimate of drug-likeness (QED) is 0.541. The number of carboxylic acids is 1. The average molecular weight is 445 g/mol. The minimum absolute atomic E-state index is 0.00446. The van der Waals surface area contributed by atoms with Crippen molar-refractivity contribution in [3.8, 4) is 11.8 Å². The summed E-state index contributed by atoms with van der Waals surface area (Å²) in [7, 11) is 0. The lowest BCUT2D eigenvalue weighted by Gasteiger charge is -2.25. The highest BCUT2D eigenvalue weighted by atomic mass is 16.4. The molecule has 0 amide bonds. The molecule has 33 heavy (non-hydrogen) atoms. The SMILES string of the molecule is Cc1c(C(=O)CN2CCCCC2)c2ncc([C@H](C)CC(=O)O)cc2n1-c1ccc(C#N)cc1. The molecule has 1 aliphatic heterocycles. The first-order valence-electron chi connectivity index (χ1n) is 11.4. The number of rotatable bonds is 7. The molecule has 1 N–H and O–H groups in total. The Bertz CT molecular complexity index is 1230. The largest absolute Gasteiger partial charge is 0.481 e. The number of carbonyl (C=O) groups excluding carboxylic acids is 1. The van der Waals surface area contributed by atoms with E-state index in [0.29, 0.717) is 23.2 Å². The molecule has 3 heterocycles. The molecule has 7 heteroatoms. The van der Waals surface area contributed by atoms with Crippen molar-refractivity contribution in [2.24, 2.45) is 0 Å². The fourth-order valence-corrected chi connectivity index (χ4v) is 4.70. The molecule has 1 fully saturated rings. The summed E-state index contributed by atoms with van der Waals surface area (Å²) in [6.07, 6.45) is 5.13. The van der Waals surface area contributed by atoms with Crippen LogP contribution in [0, 0.1) is 18.3 Å². The Morgan fingerprint density at radius 1 is 1.18 bits per heavy atom. The highest BCUT2D eigenvalue weighted by Crippen LogP contribution is 2.31. The van der Waals surface area contributed by atoms with Gasteiger partial charge in [-0.25, -0.2) is 0 Å². The van der Waals surface area contributed by atoms with E-state index >= 15 is 0 Å². The van der Waals surface area contributed by atoms with Gasteiger partial charge in [-0.15, -0.1) is 0 Å². The number of benzene rings is 1. The first-order valence-corrected chi connectivity index (χ1v) is 11.4. The number of piperidine rings is 1. The molecule has 1 aliphatic rings. The van der Waals surface area contributed by atoms with Crippen LogP contribution in [0.15, 0.2) is 36.5 Å². The zero-order valence-corrected chi connectivity index (χ0v) is 19.0. The van der Waals surface area contributed by atoms with Crippen LogP contribution in [0.2, 0.25) is 0 Å². The predicted octanol–water partition coefficient (Wildman–Crippen LogP) is 4.45. The number of likely N-dealkylation sites (tertiary alicyclic amines) is 1. The monoisotopic (exact) mass is 444 g/mol. The smallest absolute Gasteiger partial charge is 0.303 e. The molecule has 1 aromatic carbocycles. The molecular formula is C26H28N4O3. The van der Waals surface area contributed by atoms with Gasteiger partial charge >= 0.3 is 5.97 Å². The molecule has 170 valence electrons. The molecule has 0 radical (unpaired) electrons. The number of Topliss-reactive ketones (excluding diaryl/α,β-unsaturated/α-hetero) is 1. The summed E-state index contributed by atoms with van der Waals surface area (Å²) < 4.78 is 1.99. The number of carboxylic acid groups (broad SMARTS) is 1. The van der Waals surface area contributed by atoms with Gasteiger partial charge in [0.1, 0.15) is 0 Å². The van der Waals surface area contributed by atoms with Gasteiger partial charge in [-0.2, -0.15) is 5.26 Å². The van der Waals surface area contributed by atoms with Gasteiger partial charge < -0.3 is 9.67 Å². The molecule has 1 atom stereocenters. The van der Waals surface area contributed by atoms with Crippen LogP contribution in [0.3, 0.4) is 0 Å². The molecule has 0 aliphatic carbocycles. The second-order valence-corrected chi connectivity index (χ2v) is 8.85. The van der Waals surface area contributed by atoms with Crippen molar-refractivity contribution in [2.45, 2.75) is 45.4 Å². The lowest BCUT2D eigenvalue weighted by molar-refractivity contribution is -0.137. The molecule has 4 rings (SSSR count). The molecule has 2 aromatic heterocycles. The standard InChI is InChI=1S/C26H28N4O3/c1-17(12-24(32)33)20-13-22-26(28-15-20)25(23(31)16-29-10-4-3-5-11-29)18(2)30(22)21-8-6-19(14-27)7-9-21/h6-9,13,15,17H,3-5,10-12,16H2,1-2H3,(H,32,33)/t17-/m1/s1. The summed E-state index contributed by atoms with van der Waals surface area (Å²) in [5.41, 5.74) is 5.01. The van der Waals surface area contributed by atoms with E-state index in [9.17, 15) is 14.7 Å². The van der Waals surface area contributed by atoms with Crippen molar-refractivity contribution in [1.82, 2.24) is 14.5 Å². The third-order valence-electron chi connectivity index (χ3n) is 6.46. The van der Waals surface area contributed by atoms with Crippen LogP contribution in [0.1, 0.15) is 65.7 Å². The van der Waals surface area contributed by atoms with Gasteiger partial charge in [0.25, 0.3) is 0 Å². The molecule has 3 aromatic rings. The number of hydrogen-bond acceptors (Lipinski definition) is 5. The van der Waals surface area contributed by atoms with Crippen LogP contribution in [0.4, 0.5) is 0 Å². The normalized spacial score (nSPS) is 15.3. The number of nitriles is 1. The third-order valence-corrected chi connectivity index (χ3v) is 6.46. The average Bonchev–Trinajstić information content (AvgIpc) is 3.10. The van der Waals surface area contributed by atoms with E-state index in [2.05, 4.69) is 16.0 Å². The van der Waals surface area contributed by atoms with Gasteiger partial charge in [-0.1, -0.05) is 13.3 Å². The van der Waals surface area contributed by atoms with Gasteiger partial charge in [0.05, 0.1) is 41.2 Å². The van der Waals surface area contributed by atoms with Crippen LogP contribution in [-0.2, 0) is 4.79 Å². The fraction of sp³-hybridized carbons (Fsp3) is 0.385. The van der Waals surface area contributed by atoms with Crippen molar-refractivity contribution in [3.63, 3.8) is 0 Å². The van der Waals surface area contributed by atoms with Gasteiger partial charge in [0.15, 0.2) is 5.78 Å².